The Kier molecular flexibility index (Phi) is 9.13. The van der Waals surface area contributed by atoms with E-state index in [1.54, 1.807) is 14.2 Å². The summed E-state index contributed by atoms with van der Waals surface area (Å²) in [5, 5.41) is 6.74. The molecule has 1 aromatic rings. The maximum atomic E-state index is 5.68. The Bertz CT molecular complexity index is 479. The van der Waals surface area contributed by atoms with Crippen molar-refractivity contribution in [2.45, 2.75) is 32.2 Å². The fourth-order valence-corrected chi connectivity index (χ4v) is 2.49. The number of nitrogens with zero attached hydrogens (tertiary/aromatic N) is 1. The van der Waals surface area contributed by atoms with Crippen LogP contribution >= 0.6 is 24.0 Å². The summed E-state index contributed by atoms with van der Waals surface area (Å²) < 4.78 is 10.8. The topological polar surface area (TPSA) is 54.9 Å². The van der Waals surface area contributed by atoms with E-state index < -0.39 is 0 Å². The van der Waals surface area contributed by atoms with Crippen LogP contribution in [0.2, 0.25) is 0 Å². The quantitative estimate of drug-likeness (QED) is 0.287. The molecule has 0 spiro atoms. The summed E-state index contributed by atoms with van der Waals surface area (Å²) in [5.74, 6) is 3.36. The second-order valence-electron chi connectivity index (χ2n) is 5.56. The first-order valence-corrected chi connectivity index (χ1v) is 8.00. The SMILES string of the molecule is CCCC1CC1NC(=NC)NCCOc1ccc(OC)cc1.I. The smallest absolute Gasteiger partial charge is 0.191 e. The highest BCUT2D eigenvalue weighted by Gasteiger charge is 2.36. The predicted octanol–water partition coefficient (Wildman–Crippen LogP) is 3.05. The van der Waals surface area contributed by atoms with E-state index in [0.717, 1.165) is 29.9 Å². The molecule has 1 fully saturated rings. The lowest BCUT2D eigenvalue weighted by Gasteiger charge is -2.12. The van der Waals surface area contributed by atoms with E-state index in [-0.39, 0.29) is 24.0 Å². The number of nitrogens with one attached hydrogen (secondary N) is 2. The number of aliphatic imine (C=N–C) groups is 1. The minimum Gasteiger partial charge on any atom is -0.497 e. The normalized spacial score (nSPS) is 19.5. The van der Waals surface area contributed by atoms with Crippen LogP contribution in [0.3, 0.4) is 0 Å². The van der Waals surface area contributed by atoms with Crippen LogP contribution in [0.25, 0.3) is 0 Å². The molecule has 2 atom stereocenters. The fraction of sp³-hybridized carbons (Fsp3) is 0.588. The van der Waals surface area contributed by atoms with Gasteiger partial charge in [-0.05, 0) is 43.0 Å². The summed E-state index contributed by atoms with van der Waals surface area (Å²) in [4.78, 5) is 4.25. The van der Waals surface area contributed by atoms with Crippen molar-refractivity contribution in [2.75, 3.05) is 27.3 Å². The van der Waals surface area contributed by atoms with Crippen LogP contribution in [0.15, 0.2) is 29.3 Å². The molecule has 5 nitrogen and oxygen atoms in total. The Labute approximate surface area is 156 Å². The summed E-state index contributed by atoms with van der Waals surface area (Å²) in [5.41, 5.74) is 0. The molecule has 0 radical (unpaired) electrons. The van der Waals surface area contributed by atoms with Crippen molar-refractivity contribution in [1.29, 1.82) is 0 Å². The minimum absolute atomic E-state index is 0. The monoisotopic (exact) mass is 433 g/mol. The Morgan fingerprint density at radius 1 is 1.26 bits per heavy atom. The van der Waals surface area contributed by atoms with Crippen molar-refractivity contribution in [3.63, 3.8) is 0 Å². The largest absolute Gasteiger partial charge is 0.497 e. The molecule has 2 unspecified atom stereocenters. The van der Waals surface area contributed by atoms with E-state index in [2.05, 4.69) is 22.5 Å². The Morgan fingerprint density at radius 2 is 1.96 bits per heavy atom. The van der Waals surface area contributed by atoms with Crippen LogP contribution in [0.5, 0.6) is 11.5 Å². The highest BCUT2D eigenvalue weighted by Crippen LogP contribution is 2.34. The maximum Gasteiger partial charge on any atom is 0.191 e. The Morgan fingerprint density at radius 3 is 2.57 bits per heavy atom. The van der Waals surface area contributed by atoms with Gasteiger partial charge in [-0.25, -0.2) is 0 Å². The average Bonchev–Trinajstić information content (AvgIpc) is 3.29. The molecule has 130 valence electrons. The molecule has 2 N–H and O–H groups in total. The fourth-order valence-electron chi connectivity index (χ4n) is 2.49. The number of methoxy groups -OCH3 is 1. The third-order valence-corrected chi connectivity index (χ3v) is 3.85. The molecule has 0 aliphatic heterocycles. The third-order valence-electron chi connectivity index (χ3n) is 3.85. The first-order valence-electron chi connectivity index (χ1n) is 8.00. The van der Waals surface area contributed by atoms with E-state index in [4.69, 9.17) is 9.47 Å². The van der Waals surface area contributed by atoms with Crippen molar-refractivity contribution in [2.24, 2.45) is 10.9 Å². The number of hydrogen-bond donors (Lipinski definition) is 2. The van der Waals surface area contributed by atoms with Crippen molar-refractivity contribution in [3.05, 3.63) is 24.3 Å². The highest BCUT2D eigenvalue weighted by molar-refractivity contribution is 14.0. The molecule has 0 bridgehead atoms. The van der Waals surface area contributed by atoms with Crippen molar-refractivity contribution < 1.29 is 9.47 Å². The van der Waals surface area contributed by atoms with Gasteiger partial charge < -0.3 is 20.1 Å². The summed E-state index contributed by atoms with van der Waals surface area (Å²) in [6.07, 6.45) is 3.82. The van der Waals surface area contributed by atoms with E-state index in [1.807, 2.05) is 24.3 Å². The van der Waals surface area contributed by atoms with Gasteiger partial charge in [0, 0.05) is 13.1 Å². The number of halogens is 1. The van der Waals surface area contributed by atoms with Crippen LogP contribution in [-0.2, 0) is 0 Å². The zero-order chi connectivity index (χ0) is 15.8. The lowest BCUT2D eigenvalue weighted by Crippen LogP contribution is -2.40. The van der Waals surface area contributed by atoms with Gasteiger partial charge in [-0.2, -0.15) is 0 Å². The number of guanidine groups is 1. The first kappa shape index (κ1) is 19.9. The first-order chi connectivity index (χ1) is 10.8. The van der Waals surface area contributed by atoms with Crippen molar-refractivity contribution >= 4 is 29.9 Å². The van der Waals surface area contributed by atoms with Gasteiger partial charge in [0.25, 0.3) is 0 Å². The van der Waals surface area contributed by atoms with Gasteiger partial charge in [0.1, 0.15) is 18.1 Å². The number of rotatable bonds is 8. The standard InChI is InChI=1S/C17H27N3O2.HI/c1-4-5-13-12-16(13)20-17(18-2)19-10-11-22-15-8-6-14(21-3)7-9-15;/h6-9,13,16H,4-5,10-12H2,1-3H3,(H2,18,19,20);1H. The van der Waals surface area contributed by atoms with E-state index in [9.17, 15) is 0 Å². The second kappa shape index (κ2) is 10.6. The zero-order valence-electron chi connectivity index (χ0n) is 14.2. The molecular weight excluding hydrogens is 405 g/mol. The summed E-state index contributed by atoms with van der Waals surface area (Å²) in [7, 11) is 3.46. The number of hydrogen-bond acceptors (Lipinski definition) is 3. The van der Waals surface area contributed by atoms with Crippen molar-refractivity contribution in [3.8, 4) is 11.5 Å². The minimum atomic E-state index is 0. The van der Waals surface area contributed by atoms with E-state index >= 15 is 0 Å². The molecule has 1 aliphatic rings. The lowest BCUT2D eigenvalue weighted by molar-refractivity contribution is 0.321. The molecule has 0 aromatic heterocycles. The van der Waals surface area contributed by atoms with Crippen LogP contribution in [0.1, 0.15) is 26.2 Å². The Balaban J connectivity index is 0.00000264. The summed E-state index contributed by atoms with van der Waals surface area (Å²) >= 11 is 0. The molecule has 1 aromatic carbocycles. The number of ether oxygens (including phenoxy) is 2. The van der Waals surface area contributed by atoms with Gasteiger partial charge in [-0.15, -0.1) is 24.0 Å². The zero-order valence-corrected chi connectivity index (χ0v) is 16.5. The van der Waals surface area contributed by atoms with Gasteiger partial charge in [0.2, 0.25) is 0 Å². The summed E-state index contributed by atoms with van der Waals surface area (Å²) in [6, 6.07) is 8.19. The van der Waals surface area contributed by atoms with Gasteiger partial charge >= 0.3 is 0 Å². The maximum absolute atomic E-state index is 5.68. The van der Waals surface area contributed by atoms with Gasteiger partial charge in [0.05, 0.1) is 13.7 Å². The predicted molar refractivity (Wildman–Crippen MR) is 105 cm³/mol. The molecule has 0 saturated heterocycles. The molecule has 1 saturated carbocycles. The van der Waals surface area contributed by atoms with E-state index in [1.165, 1.54) is 19.3 Å². The molecule has 2 rings (SSSR count). The molecular formula is C17H28IN3O2. The molecule has 0 amide bonds. The van der Waals surface area contributed by atoms with Crippen LogP contribution < -0.4 is 20.1 Å². The van der Waals surface area contributed by atoms with Gasteiger partial charge in [-0.3, -0.25) is 4.99 Å². The average molecular weight is 433 g/mol. The molecule has 1 aliphatic carbocycles. The summed E-state index contributed by atoms with van der Waals surface area (Å²) in [6.45, 7) is 3.55. The molecule has 23 heavy (non-hydrogen) atoms. The van der Waals surface area contributed by atoms with Gasteiger partial charge in [0.15, 0.2) is 5.96 Å². The third kappa shape index (κ3) is 6.85. The Hall–Kier alpha value is -1.18. The van der Waals surface area contributed by atoms with Gasteiger partial charge in [-0.1, -0.05) is 13.3 Å². The molecule has 0 heterocycles. The van der Waals surface area contributed by atoms with Crippen LogP contribution in [0, 0.1) is 5.92 Å². The van der Waals surface area contributed by atoms with Crippen LogP contribution in [0.4, 0.5) is 0 Å². The lowest BCUT2D eigenvalue weighted by atomic mass is 10.2. The van der Waals surface area contributed by atoms with Crippen LogP contribution in [-0.4, -0.2) is 39.3 Å². The van der Waals surface area contributed by atoms with Crippen molar-refractivity contribution in [1.82, 2.24) is 10.6 Å². The number of benzene rings is 1. The van der Waals surface area contributed by atoms with E-state index in [0.29, 0.717) is 12.6 Å². The highest BCUT2D eigenvalue weighted by atomic mass is 127. The second-order valence-corrected chi connectivity index (χ2v) is 5.56. The molecule has 6 heteroatoms.